The minimum Gasteiger partial charge on any atom is -0.508 e. The molecule has 1 aromatic rings. The topological polar surface area (TPSA) is 233 Å². The molecule has 0 saturated heterocycles. The number of phenols is 1. The molecule has 28 heavy (non-hydrogen) atoms. The summed E-state index contributed by atoms with van der Waals surface area (Å²) in [5.74, 6) is -2.23. The Kier molecular flexibility index (Phi) is 15.7. The van der Waals surface area contributed by atoms with Gasteiger partial charge in [0.1, 0.15) is 17.8 Å². The quantitative estimate of drug-likeness (QED) is 0.108. The molecule has 0 amide bonds. The zero-order valence-electron chi connectivity index (χ0n) is 14.6. The molecule has 0 spiro atoms. The Morgan fingerprint density at radius 3 is 1.86 bits per heavy atom. The number of carbonyl (C=O) groups is 2. The third-order valence-corrected chi connectivity index (χ3v) is 4.20. The summed E-state index contributed by atoms with van der Waals surface area (Å²) in [4.78, 5) is 20.3. The first kappa shape index (κ1) is 28.6. The Labute approximate surface area is 175 Å². The Balaban J connectivity index is 0. The molecule has 0 heterocycles. The molecule has 1 aromatic carbocycles. The summed E-state index contributed by atoms with van der Waals surface area (Å²) in [5.41, 5.74) is 10.4. The number of carboxylic acids is 2. The van der Waals surface area contributed by atoms with Crippen molar-refractivity contribution < 1.29 is 43.0 Å². The smallest absolute Gasteiger partial charge is 0.322 e. The number of nitrogens with one attached hydrogen (secondary N) is 1. The van der Waals surface area contributed by atoms with E-state index in [1.165, 1.54) is 0 Å². The van der Waals surface area contributed by atoms with Crippen LogP contribution in [0.3, 0.4) is 0 Å². The van der Waals surface area contributed by atoms with E-state index in [0.29, 0.717) is 6.42 Å². The van der Waals surface area contributed by atoms with E-state index in [1.54, 1.807) is 24.3 Å². The number of nitrogens with two attached hydrogens (primary N) is 2. The van der Waals surface area contributed by atoms with Gasteiger partial charge in [-0.15, -0.1) is 0 Å². The molecule has 0 aliphatic rings. The minimum atomic E-state index is -3.80. The van der Waals surface area contributed by atoms with Gasteiger partial charge in [-0.2, -0.15) is 8.42 Å². The van der Waals surface area contributed by atoms with Crippen LogP contribution in [0, 0.1) is 0 Å². The maximum atomic E-state index is 10.7. The lowest BCUT2D eigenvalue weighted by Gasteiger charge is -2.09. The van der Waals surface area contributed by atoms with Crippen LogP contribution in [-0.4, -0.2) is 76.3 Å². The molecule has 10 N–H and O–H groups in total. The predicted molar refractivity (Wildman–Crippen MR) is 109 cm³/mol. The van der Waals surface area contributed by atoms with Gasteiger partial charge >= 0.3 is 11.9 Å². The Morgan fingerprint density at radius 1 is 1.14 bits per heavy atom. The van der Waals surface area contributed by atoms with Crippen LogP contribution in [-0.2, 0) is 26.1 Å². The fourth-order valence-electron chi connectivity index (χ4n) is 1.27. The van der Waals surface area contributed by atoms with Crippen LogP contribution < -0.4 is 15.0 Å². The highest BCUT2D eigenvalue weighted by atomic mass is 127. The van der Waals surface area contributed by atoms with Crippen LogP contribution >= 0.6 is 22.9 Å². The number of benzene rings is 1. The van der Waals surface area contributed by atoms with Gasteiger partial charge in [0.05, 0.1) is 12.4 Å². The molecule has 0 aromatic heterocycles. The van der Waals surface area contributed by atoms with E-state index >= 15 is 0 Å². The highest BCUT2D eigenvalue weighted by Gasteiger charge is 2.15. The highest BCUT2D eigenvalue weighted by Crippen LogP contribution is 2.11. The highest BCUT2D eigenvalue weighted by molar-refractivity contribution is 14.1. The monoisotopic (exact) mass is 537 g/mol. The number of aliphatic hydroxyl groups excluding tert-OH is 1. The second kappa shape index (κ2) is 15.4. The molecule has 0 aliphatic heterocycles. The maximum Gasteiger partial charge on any atom is 0.322 e. The zero-order chi connectivity index (χ0) is 22.3. The number of aliphatic hydroxyl groups is 1. The van der Waals surface area contributed by atoms with Gasteiger partial charge in [0.25, 0.3) is 10.1 Å². The Morgan fingerprint density at radius 2 is 1.64 bits per heavy atom. The normalized spacial score (nSPS) is 12.5. The van der Waals surface area contributed by atoms with Crippen molar-refractivity contribution in [2.45, 2.75) is 18.5 Å². The first-order valence-corrected chi connectivity index (χ1v) is 10.2. The molecule has 2 atom stereocenters. The number of rotatable bonds is 8. The van der Waals surface area contributed by atoms with Crippen LogP contribution in [0.1, 0.15) is 5.56 Å². The summed E-state index contributed by atoms with van der Waals surface area (Å²) in [6, 6.07) is 4.78. The summed E-state index contributed by atoms with van der Waals surface area (Å²) in [6.07, 6.45) is 0.401. The van der Waals surface area contributed by atoms with Crippen LogP contribution in [0.25, 0.3) is 0 Å². The van der Waals surface area contributed by atoms with E-state index in [0.717, 1.165) is 5.56 Å². The number of hydrogen-bond acceptors (Lipinski definition) is 9. The van der Waals surface area contributed by atoms with Crippen molar-refractivity contribution in [2.75, 3.05) is 18.9 Å². The van der Waals surface area contributed by atoms with Gasteiger partial charge in [0.15, 0.2) is 0 Å². The first-order chi connectivity index (χ1) is 12.9. The maximum absolute atomic E-state index is 10.7. The molecule has 0 bridgehead atoms. The molecular weight excluding hydrogens is 513 g/mol. The van der Waals surface area contributed by atoms with Crippen LogP contribution in [0.5, 0.6) is 5.75 Å². The summed E-state index contributed by atoms with van der Waals surface area (Å²) in [6.45, 7) is -0.534. The third kappa shape index (κ3) is 16.6. The molecule has 0 aliphatic carbocycles. The summed E-state index contributed by atoms with van der Waals surface area (Å²) >= 11 is 1.82. The van der Waals surface area contributed by atoms with Crippen LogP contribution in [0.4, 0.5) is 0 Å². The second-order valence-electron chi connectivity index (χ2n) is 5.07. The van der Waals surface area contributed by atoms with Crippen molar-refractivity contribution in [3.05, 3.63) is 29.8 Å². The van der Waals surface area contributed by atoms with Gasteiger partial charge in [-0.05, 0) is 24.1 Å². The lowest BCUT2D eigenvalue weighted by atomic mass is 10.1. The number of phenolic OH excluding ortho intramolecular Hbond substituents is 1. The van der Waals surface area contributed by atoms with E-state index in [-0.39, 0.29) is 18.0 Å². The van der Waals surface area contributed by atoms with E-state index < -0.39 is 40.7 Å². The van der Waals surface area contributed by atoms with Gasteiger partial charge in [-0.3, -0.25) is 14.1 Å². The molecular formula is C14H24IN3O9S. The molecule has 0 radical (unpaired) electrons. The number of halogens is 1. The van der Waals surface area contributed by atoms with Crippen molar-refractivity contribution >= 4 is 44.9 Å². The van der Waals surface area contributed by atoms with E-state index in [9.17, 15) is 18.0 Å². The van der Waals surface area contributed by atoms with Gasteiger partial charge in [-0.1, -0.05) is 12.1 Å². The van der Waals surface area contributed by atoms with Crippen molar-refractivity contribution in [3.8, 4) is 5.75 Å². The fourth-order valence-corrected chi connectivity index (χ4v) is 2.05. The van der Waals surface area contributed by atoms with Crippen molar-refractivity contribution in [1.82, 2.24) is 3.53 Å². The molecule has 2 unspecified atom stereocenters. The zero-order valence-corrected chi connectivity index (χ0v) is 17.6. The fraction of sp³-hybridized carbons (Fsp3) is 0.429. The lowest BCUT2D eigenvalue weighted by molar-refractivity contribution is -0.140. The summed E-state index contributed by atoms with van der Waals surface area (Å²) < 4.78 is 30.0. The van der Waals surface area contributed by atoms with Gasteiger partial charge in [0, 0.05) is 29.4 Å². The number of aromatic hydroxyl groups is 1. The Bertz CT molecular complexity index is 686. The molecule has 1 rings (SSSR count). The summed E-state index contributed by atoms with van der Waals surface area (Å²) in [5, 5.41) is 33.7. The van der Waals surface area contributed by atoms with Crippen molar-refractivity contribution in [2.24, 2.45) is 11.5 Å². The average Bonchev–Trinajstić information content (AvgIpc) is 2.60. The average molecular weight is 537 g/mol. The molecule has 14 heteroatoms. The number of hydrogen-bond donors (Lipinski definition) is 8. The molecule has 0 saturated carbocycles. The third-order valence-electron chi connectivity index (χ3n) is 2.70. The summed E-state index contributed by atoms with van der Waals surface area (Å²) in [7, 11) is -3.80. The van der Waals surface area contributed by atoms with Gasteiger partial charge in [-0.25, -0.2) is 3.53 Å². The van der Waals surface area contributed by atoms with E-state index in [2.05, 4.69) is 3.53 Å². The molecule has 12 nitrogen and oxygen atoms in total. The van der Waals surface area contributed by atoms with E-state index in [4.69, 9.17) is 36.4 Å². The largest absolute Gasteiger partial charge is 0.508 e. The van der Waals surface area contributed by atoms with E-state index in [1.807, 2.05) is 22.9 Å². The van der Waals surface area contributed by atoms with Gasteiger partial charge in [0.2, 0.25) is 0 Å². The van der Waals surface area contributed by atoms with Crippen molar-refractivity contribution in [1.29, 1.82) is 0 Å². The first-order valence-electron chi connectivity index (χ1n) is 7.49. The second-order valence-corrected chi connectivity index (χ2v) is 7.27. The molecule has 162 valence electrons. The van der Waals surface area contributed by atoms with Crippen LogP contribution in [0.15, 0.2) is 24.3 Å². The lowest BCUT2D eigenvalue weighted by Crippen LogP contribution is -2.33. The number of aliphatic carboxylic acids is 2. The van der Waals surface area contributed by atoms with Crippen molar-refractivity contribution in [3.63, 3.8) is 0 Å². The standard InChI is InChI=1S/C9H10INO3.C3H7NO3.C2H7NO3S/c10-11-8(9(13)14)5-6-1-3-7(12)4-2-6;4-2(1-5)3(6)7;3-1-2-7(4,5)6/h1-4,8,11-12H,5H2,(H,13,14);2,5H,1,4H2,(H,6,7);1-3H2,(H,4,5,6). The minimum absolute atomic E-state index is 0.0289. The number of carboxylic acid groups (broad SMARTS) is 2. The predicted octanol–water partition coefficient (Wildman–Crippen LogP) is -1.45. The molecule has 0 fully saturated rings. The van der Waals surface area contributed by atoms with Gasteiger partial charge < -0.3 is 31.9 Å². The van der Waals surface area contributed by atoms with Crippen LogP contribution in [0.2, 0.25) is 0 Å². The SMILES string of the molecule is NC(CO)C(=O)O.NCCS(=O)(=O)O.O=C(O)C(Cc1ccc(O)cc1)NI. The Hall–Kier alpha value is -1.56.